The van der Waals surface area contributed by atoms with Gasteiger partial charge < -0.3 is 14.8 Å². The number of aryl methyl sites for hydroxylation is 2. The highest BCUT2D eigenvalue weighted by molar-refractivity contribution is 6.03. The number of benzene rings is 1. The van der Waals surface area contributed by atoms with Crippen molar-refractivity contribution < 1.29 is 9.59 Å². The number of nitrogens with zero attached hydrogens (tertiary/aromatic N) is 3. The average Bonchev–Trinajstić information content (AvgIpc) is 3.05. The van der Waals surface area contributed by atoms with Crippen LogP contribution in [0.1, 0.15) is 64.6 Å². The predicted octanol–water partition coefficient (Wildman–Crippen LogP) is 3.57. The fourth-order valence-electron chi connectivity index (χ4n) is 3.55. The first-order valence-electron chi connectivity index (χ1n) is 9.73. The highest BCUT2D eigenvalue weighted by Crippen LogP contribution is 2.23. The molecule has 1 aliphatic heterocycles. The Bertz CT molecular complexity index is 865. The van der Waals surface area contributed by atoms with Gasteiger partial charge in [0.1, 0.15) is 5.69 Å². The van der Waals surface area contributed by atoms with E-state index in [2.05, 4.69) is 10.3 Å². The summed E-state index contributed by atoms with van der Waals surface area (Å²) in [7, 11) is 0. The number of carbonyl (C=O) groups is 2. The van der Waals surface area contributed by atoms with Gasteiger partial charge in [0.25, 0.3) is 11.8 Å². The molecule has 2 amide bonds. The second kappa shape index (κ2) is 7.94. The van der Waals surface area contributed by atoms with E-state index in [1.165, 1.54) is 5.56 Å². The molecule has 0 spiro atoms. The van der Waals surface area contributed by atoms with Crippen LogP contribution in [0.15, 0.2) is 18.2 Å². The smallest absolute Gasteiger partial charge is 0.291 e. The molecule has 0 bridgehead atoms. The van der Waals surface area contributed by atoms with E-state index in [9.17, 15) is 9.59 Å². The molecule has 2 aromatic rings. The minimum atomic E-state index is -0.264. The summed E-state index contributed by atoms with van der Waals surface area (Å²) in [6.45, 7) is 9.95. The van der Waals surface area contributed by atoms with Crippen molar-refractivity contribution in [2.24, 2.45) is 0 Å². The molecular formula is C21H28N4O2. The second-order valence-electron chi connectivity index (χ2n) is 7.07. The van der Waals surface area contributed by atoms with Crippen molar-refractivity contribution in [3.63, 3.8) is 0 Å². The molecule has 0 unspecified atom stereocenters. The van der Waals surface area contributed by atoms with Gasteiger partial charge in [0.2, 0.25) is 0 Å². The molecule has 6 nitrogen and oxygen atoms in total. The maximum Gasteiger partial charge on any atom is 0.291 e. The van der Waals surface area contributed by atoms with Gasteiger partial charge in [-0.3, -0.25) is 9.59 Å². The van der Waals surface area contributed by atoms with Gasteiger partial charge in [-0.25, -0.2) is 4.98 Å². The lowest BCUT2D eigenvalue weighted by Crippen LogP contribution is -2.31. The number of aromatic nitrogens is 2. The number of amides is 2. The molecular weight excluding hydrogens is 340 g/mol. The zero-order chi connectivity index (χ0) is 19.6. The average molecular weight is 368 g/mol. The summed E-state index contributed by atoms with van der Waals surface area (Å²) in [5.41, 5.74) is 4.37. The van der Waals surface area contributed by atoms with Crippen molar-refractivity contribution in [1.29, 1.82) is 0 Å². The Hall–Kier alpha value is -2.63. The van der Waals surface area contributed by atoms with Gasteiger partial charge in [0, 0.05) is 25.3 Å². The molecule has 0 saturated carbocycles. The number of hydrogen-bond acceptors (Lipinski definition) is 3. The second-order valence-corrected chi connectivity index (χ2v) is 7.07. The number of carbonyl (C=O) groups excluding carboxylic acids is 2. The highest BCUT2D eigenvalue weighted by Gasteiger charge is 2.29. The summed E-state index contributed by atoms with van der Waals surface area (Å²) in [4.78, 5) is 32.0. The monoisotopic (exact) mass is 368 g/mol. The maximum absolute atomic E-state index is 12.9. The number of rotatable bonds is 5. The largest absolute Gasteiger partial charge is 0.338 e. The van der Waals surface area contributed by atoms with Crippen molar-refractivity contribution in [1.82, 2.24) is 14.5 Å². The minimum absolute atomic E-state index is 0.0871. The summed E-state index contributed by atoms with van der Waals surface area (Å²) in [5.74, 6) is -0.0192. The first kappa shape index (κ1) is 19.1. The molecule has 1 aliphatic rings. The summed E-state index contributed by atoms with van der Waals surface area (Å²) >= 11 is 0. The number of anilines is 1. The molecule has 6 heteroatoms. The Balaban J connectivity index is 1.94. The topological polar surface area (TPSA) is 67.2 Å². The molecule has 0 fully saturated rings. The van der Waals surface area contributed by atoms with Crippen LogP contribution in [0.5, 0.6) is 0 Å². The minimum Gasteiger partial charge on any atom is -0.338 e. The Morgan fingerprint density at radius 2 is 1.89 bits per heavy atom. The molecule has 0 saturated heterocycles. The number of fused-ring (bicyclic) bond motifs is 1. The predicted molar refractivity (Wildman–Crippen MR) is 106 cm³/mol. The van der Waals surface area contributed by atoms with Crippen LogP contribution in [0.25, 0.3) is 0 Å². The van der Waals surface area contributed by atoms with Crippen LogP contribution in [0, 0.1) is 13.8 Å². The molecule has 3 rings (SSSR count). The first-order chi connectivity index (χ1) is 13.0. The summed E-state index contributed by atoms with van der Waals surface area (Å²) < 4.78 is 1.93. The molecule has 0 atom stereocenters. The van der Waals surface area contributed by atoms with E-state index in [-0.39, 0.29) is 11.8 Å². The lowest BCUT2D eigenvalue weighted by atomic mass is 10.1. The Kier molecular flexibility index (Phi) is 5.63. The number of hydrogen-bond donors (Lipinski definition) is 1. The molecule has 1 aromatic heterocycles. The van der Waals surface area contributed by atoms with Crippen molar-refractivity contribution in [3.8, 4) is 0 Å². The molecule has 1 aromatic carbocycles. The Labute approximate surface area is 160 Å². The summed E-state index contributed by atoms with van der Waals surface area (Å²) in [6, 6.07) is 5.83. The third kappa shape index (κ3) is 3.75. The van der Waals surface area contributed by atoms with Crippen LogP contribution in [-0.4, -0.2) is 39.4 Å². The maximum atomic E-state index is 12.9. The van der Waals surface area contributed by atoms with Crippen LogP contribution in [-0.2, 0) is 13.0 Å². The van der Waals surface area contributed by atoms with Gasteiger partial charge in [-0.1, -0.05) is 6.07 Å². The Morgan fingerprint density at radius 3 is 2.56 bits per heavy atom. The number of nitrogens with one attached hydrogen (secondary N) is 1. The summed E-state index contributed by atoms with van der Waals surface area (Å²) in [6.07, 6.45) is 2.79. The molecule has 0 aliphatic carbocycles. The van der Waals surface area contributed by atoms with Gasteiger partial charge >= 0.3 is 0 Å². The zero-order valence-corrected chi connectivity index (χ0v) is 16.6. The van der Waals surface area contributed by atoms with E-state index >= 15 is 0 Å². The highest BCUT2D eigenvalue weighted by atomic mass is 16.2. The fourth-order valence-corrected chi connectivity index (χ4v) is 3.55. The zero-order valence-electron chi connectivity index (χ0n) is 16.6. The van der Waals surface area contributed by atoms with Gasteiger partial charge in [-0.05, 0) is 70.2 Å². The SMILES string of the molecule is CCN(CC)C(=O)c1nc(C(=O)Nc2ccc(C)c(C)c2)n2c1CCCC2. The fraction of sp³-hybridized carbons (Fsp3) is 0.476. The quantitative estimate of drug-likeness (QED) is 0.877. The molecule has 1 N–H and O–H groups in total. The summed E-state index contributed by atoms with van der Waals surface area (Å²) in [5, 5.41) is 2.94. The van der Waals surface area contributed by atoms with Crippen molar-refractivity contribution in [2.75, 3.05) is 18.4 Å². The van der Waals surface area contributed by atoms with E-state index in [4.69, 9.17) is 0 Å². The lowest BCUT2D eigenvalue weighted by molar-refractivity contribution is 0.0766. The molecule has 0 radical (unpaired) electrons. The van der Waals surface area contributed by atoms with Gasteiger partial charge in [-0.2, -0.15) is 0 Å². The van der Waals surface area contributed by atoms with Crippen molar-refractivity contribution >= 4 is 17.5 Å². The van der Waals surface area contributed by atoms with E-state index in [0.717, 1.165) is 42.8 Å². The third-order valence-corrected chi connectivity index (χ3v) is 5.34. The van der Waals surface area contributed by atoms with Crippen LogP contribution < -0.4 is 5.32 Å². The molecule has 27 heavy (non-hydrogen) atoms. The first-order valence-corrected chi connectivity index (χ1v) is 9.73. The normalized spacial score (nSPS) is 13.2. The van der Waals surface area contributed by atoms with Gasteiger partial charge in [0.15, 0.2) is 5.82 Å². The van der Waals surface area contributed by atoms with Gasteiger partial charge in [0.05, 0.1) is 5.69 Å². The van der Waals surface area contributed by atoms with E-state index in [1.807, 2.05) is 50.5 Å². The molecule has 2 heterocycles. The molecule has 144 valence electrons. The van der Waals surface area contributed by atoms with Crippen LogP contribution in [0.4, 0.5) is 5.69 Å². The van der Waals surface area contributed by atoms with Gasteiger partial charge in [-0.15, -0.1) is 0 Å². The van der Waals surface area contributed by atoms with E-state index in [0.29, 0.717) is 24.6 Å². The van der Waals surface area contributed by atoms with Crippen LogP contribution >= 0.6 is 0 Å². The standard InChI is InChI=1S/C21H28N4O2/c1-5-24(6-2)21(27)18-17-9-7-8-12-25(17)19(23-18)20(26)22-16-11-10-14(3)15(4)13-16/h10-11,13H,5-9,12H2,1-4H3,(H,22,26). The van der Waals surface area contributed by atoms with Crippen molar-refractivity contribution in [2.45, 2.75) is 53.5 Å². The van der Waals surface area contributed by atoms with E-state index in [1.54, 1.807) is 4.90 Å². The Morgan fingerprint density at radius 1 is 1.15 bits per heavy atom. The third-order valence-electron chi connectivity index (χ3n) is 5.34. The lowest BCUT2D eigenvalue weighted by Gasteiger charge is -2.20. The van der Waals surface area contributed by atoms with Crippen LogP contribution in [0.2, 0.25) is 0 Å². The van der Waals surface area contributed by atoms with Crippen molar-refractivity contribution in [3.05, 3.63) is 46.5 Å². The van der Waals surface area contributed by atoms with Crippen LogP contribution in [0.3, 0.4) is 0 Å². The number of imidazole rings is 1. The van der Waals surface area contributed by atoms with E-state index < -0.39 is 0 Å².